The zero-order chi connectivity index (χ0) is 26.4. The third-order valence-electron chi connectivity index (χ3n) is 6.45. The van der Waals surface area contributed by atoms with Crippen molar-refractivity contribution in [1.29, 1.82) is 0 Å². The summed E-state index contributed by atoms with van der Waals surface area (Å²) in [7, 11) is 0. The van der Waals surface area contributed by atoms with Crippen molar-refractivity contribution in [3.05, 3.63) is 70.2 Å². The van der Waals surface area contributed by atoms with Crippen molar-refractivity contribution in [3.63, 3.8) is 0 Å². The molecule has 37 heavy (non-hydrogen) atoms. The summed E-state index contributed by atoms with van der Waals surface area (Å²) in [5, 5.41) is 9.83. The number of urea groups is 1. The van der Waals surface area contributed by atoms with E-state index < -0.39 is 23.9 Å². The van der Waals surface area contributed by atoms with Crippen LogP contribution in [0.3, 0.4) is 0 Å². The number of rotatable bonds is 5. The normalized spacial score (nSPS) is 17.3. The minimum atomic E-state index is -0.670. The van der Waals surface area contributed by atoms with Crippen molar-refractivity contribution in [2.24, 2.45) is 10.8 Å². The molecule has 4 heterocycles. The highest BCUT2D eigenvalue weighted by atomic mass is 19.1. The Morgan fingerprint density at radius 2 is 1.86 bits per heavy atom. The Morgan fingerprint density at radius 1 is 1.11 bits per heavy atom. The van der Waals surface area contributed by atoms with Crippen molar-refractivity contribution < 1.29 is 23.1 Å². The van der Waals surface area contributed by atoms with Gasteiger partial charge >= 0.3 is 6.03 Å². The second-order valence-corrected chi connectivity index (χ2v) is 9.18. The number of carbonyl (C=O) groups is 2. The van der Waals surface area contributed by atoms with E-state index in [9.17, 15) is 18.4 Å². The van der Waals surface area contributed by atoms with Gasteiger partial charge in [-0.3, -0.25) is 4.79 Å². The number of halogens is 2. The van der Waals surface area contributed by atoms with Gasteiger partial charge in [-0.15, -0.1) is 0 Å². The summed E-state index contributed by atoms with van der Waals surface area (Å²) >= 11 is 0. The van der Waals surface area contributed by atoms with Gasteiger partial charge in [0.2, 0.25) is 0 Å². The second kappa shape index (κ2) is 9.26. The number of amides is 3. The van der Waals surface area contributed by atoms with Gasteiger partial charge in [0.25, 0.3) is 5.91 Å². The number of benzene rings is 1. The van der Waals surface area contributed by atoms with Crippen LogP contribution in [0, 0.1) is 32.4 Å². The maximum absolute atomic E-state index is 14.5. The molecule has 0 saturated carbocycles. The average molecular weight is 510 g/mol. The number of hydrogen-bond acceptors (Lipinski definition) is 6. The summed E-state index contributed by atoms with van der Waals surface area (Å²) in [5.74, 6) is -1.44. The molecule has 0 spiro atoms. The van der Waals surface area contributed by atoms with E-state index in [1.807, 2.05) is 6.07 Å². The number of aryl methyl sites for hydroxylation is 2. The first-order valence-corrected chi connectivity index (χ1v) is 11.7. The molecule has 0 aliphatic carbocycles. The first-order chi connectivity index (χ1) is 17.6. The van der Waals surface area contributed by atoms with Crippen molar-refractivity contribution in [2.75, 3.05) is 13.1 Å². The Kier molecular flexibility index (Phi) is 6.10. The molecular weight excluding hydrogens is 484 g/mol. The lowest BCUT2D eigenvalue weighted by Gasteiger charge is -2.41. The Hall–Kier alpha value is -4.35. The van der Waals surface area contributed by atoms with Crippen LogP contribution < -0.4 is 10.5 Å². The molecule has 1 aromatic carbocycles. The van der Waals surface area contributed by atoms with E-state index in [4.69, 9.17) is 10.5 Å². The molecule has 3 aromatic rings. The number of ether oxygens (including phenoxy) is 1. The number of nitrogens with two attached hydrogens (primary N) is 1. The molecule has 10 nitrogen and oxygen atoms in total. The summed E-state index contributed by atoms with van der Waals surface area (Å²) in [6, 6.07) is 5.33. The zero-order valence-electron chi connectivity index (χ0n) is 20.5. The van der Waals surface area contributed by atoms with E-state index in [-0.39, 0.29) is 42.1 Å². The van der Waals surface area contributed by atoms with Crippen molar-refractivity contribution >= 4 is 18.2 Å². The topological polar surface area (TPSA) is 119 Å². The van der Waals surface area contributed by atoms with E-state index in [0.29, 0.717) is 23.4 Å². The van der Waals surface area contributed by atoms with Crippen LogP contribution in [0.1, 0.15) is 45.3 Å². The number of nitrogens with zero attached hydrogens (tertiary/aromatic N) is 6. The first kappa shape index (κ1) is 24.3. The molecule has 5 rings (SSSR count). The predicted octanol–water partition coefficient (Wildman–Crippen LogP) is 3.19. The smallest absolute Gasteiger partial charge is 0.341 e. The zero-order valence-corrected chi connectivity index (χ0v) is 20.5. The summed E-state index contributed by atoms with van der Waals surface area (Å²) in [5.41, 5.74) is 8.05. The number of hydrogen-bond donors (Lipinski definition) is 1. The molecule has 192 valence electrons. The second-order valence-electron chi connectivity index (χ2n) is 9.18. The summed E-state index contributed by atoms with van der Waals surface area (Å²) in [6.07, 6.45) is 2.68. The molecule has 2 aromatic heterocycles. The van der Waals surface area contributed by atoms with E-state index in [1.165, 1.54) is 32.8 Å². The van der Waals surface area contributed by atoms with Crippen molar-refractivity contribution in [3.8, 4) is 11.6 Å². The predicted molar refractivity (Wildman–Crippen MR) is 130 cm³/mol. The highest BCUT2D eigenvalue weighted by Gasteiger charge is 2.39. The molecule has 1 fully saturated rings. The average Bonchev–Trinajstić information content (AvgIpc) is 3.40. The number of aromatic nitrogens is 3. The van der Waals surface area contributed by atoms with E-state index in [2.05, 4.69) is 15.2 Å². The molecule has 3 amide bonds. The van der Waals surface area contributed by atoms with Crippen LogP contribution in [0.15, 0.2) is 35.6 Å². The highest BCUT2D eigenvalue weighted by molar-refractivity contribution is 5.95. The number of pyridine rings is 1. The Labute approximate surface area is 211 Å². The third-order valence-corrected chi connectivity index (χ3v) is 6.45. The van der Waals surface area contributed by atoms with E-state index in [1.54, 1.807) is 27.0 Å². The van der Waals surface area contributed by atoms with Crippen LogP contribution in [-0.2, 0) is 0 Å². The van der Waals surface area contributed by atoms with Crippen LogP contribution in [0.5, 0.6) is 5.75 Å². The first-order valence-electron chi connectivity index (χ1n) is 11.7. The van der Waals surface area contributed by atoms with Crippen molar-refractivity contribution in [1.82, 2.24) is 24.7 Å². The lowest BCUT2D eigenvalue weighted by Crippen LogP contribution is -2.58. The quantitative estimate of drug-likeness (QED) is 0.567. The standard InChI is InChI=1S/C25H25F2N7O3/c1-13-6-16(8-17(26)7-13)20-4-5-30-34(20)25(36)32-11-18(12-32)37-21-9-22(29-10-19(21)27)33-15(3)23(24(28)35)14(2)31-33/h5-10,18,20H,4,11-12H2,1-3H3,(H2,28,35)/t20-/m1/s1. The monoisotopic (exact) mass is 509 g/mol. The largest absolute Gasteiger partial charge is 0.483 e. The Bertz CT molecular complexity index is 1410. The van der Waals surface area contributed by atoms with Gasteiger partial charge < -0.3 is 15.4 Å². The SMILES string of the molecule is Cc1cc(F)cc([C@H]2CC=NN2C(=O)N2CC(Oc3cc(-n4nc(C)c(C(N)=O)c4C)ncc3F)C2)c1. The molecule has 1 saturated heterocycles. The van der Waals surface area contributed by atoms with Gasteiger partial charge in [0, 0.05) is 18.7 Å². The molecule has 0 radical (unpaired) electrons. The van der Waals surface area contributed by atoms with Crippen LogP contribution in [-0.4, -0.2) is 62.0 Å². The number of hydrazone groups is 1. The molecule has 2 aliphatic rings. The van der Waals surface area contributed by atoms with Crippen LogP contribution in [0.2, 0.25) is 0 Å². The molecule has 0 bridgehead atoms. The van der Waals surface area contributed by atoms with Gasteiger partial charge in [-0.2, -0.15) is 10.2 Å². The number of likely N-dealkylation sites (tertiary alicyclic amines) is 1. The van der Waals surface area contributed by atoms with E-state index >= 15 is 0 Å². The summed E-state index contributed by atoms with van der Waals surface area (Å²) in [4.78, 5) is 30.4. The maximum atomic E-state index is 14.5. The van der Waals surface area contributed by atoms with E-state index in [0.717, 1.165) is 11.8 Å². The maximum Gasteiger partial charge on any atom is 0.341 e. The van der Waals surface area contributed by atoms with Crippen LogP contribution in [0.25, 0.3) is 5.82 Å². The number of primary amides is 1. The fourth-order valence-corrected chi connectivity index (χ4v) is 4.66. The summed E-state index contributed by atoms with van der Waals surface area (Å²) in [6.45, 7) is 5.56. The van der Waals surface area contributed by atoms with Gasteiger partial charge in [0.05, 0.1) is 42.3 Å². The van der Waals surface area contributed by atoms with Gasteiger partial charge in [0.1, 0.15) is 11.9 Å². The Morgan fingerprint density at radius 3 is 2.54 bits per heavy atom. The minimum Gasteiger partial charge on any atom is -0.483 e. The van der Waals surface area contributed by atoms with Crippen LogP contribution >= 0.6 is 0 Å². The van der Waals surface area contributed by atoms with Gasteiger partial charge in [-0.25, -0.2) is 28.3 Å². The Balaban J connectivity index is 1.26. The number of carbonyl (C=O) groups excluding carboxylic acids is 2. The summed E-state index contributed by atoms with van der Waals surface area (Å²) < 4.78 is 35.6. The molecule has 2 N–H and O–H groups in total. The fourth-order valence-electron chi connectivity index (χ4n) is 4.66. The highest BCUT2D eigenvalue weighted by Crippen LogP contribution is 2.32. The molecule has 12 heteroatoms. The third kappa shape index (κ3) is 4.50. The lowest BCUT2D eigenvalue weighted by atomic mass is 10.0. The molecule has 1 atom stereocenters. The van der Waals surface area contributed by atoms with Gasteiger partial charge in [-0.05, 0) is 44.0 Å². The molecule has 0 unspecified atom stereocenters. The van der Waals surface area contributed by atoms with Crippen molar-refractivity contribution in [2.45, 2.75) is 39.3 Å². The lowest BCUT2D eigenvalue weighted by molar-refractivity contribution is 0.0256. The van der Waals surface area contributed by atoms with Gasteiger partial charge in [0.15, 0.2) is 17.4 Å². The minimum absolute atomic E-state index is 0.0532. The fraction of sp³-hybridized carbons (Fsp3) is 0.320. The molecule has 2 aliphatic heterocycles. The molecular formula is C25H25F2N7O3. The van der Waals surface area contributed by atoms with Gasteiger partial charge in [-0.1, -0.05) is 6.07 Å². The van der Waals surface area contributed by atoms with Crippen LogP contribution in [0.4, 0.5) is 13.6 Å².